The standard InChI is InChI=1S/C21H36N4O3/c1-6-8-9-10-16(3)25-21(22-4)24-14-17-11-12-18(19(13-17)27-5)28-15-20(26)23-7-2/h11-13,16H,6-10,14-15H2,1-5H3,(H,23,26)(H2,22,24,25). The average Bonchev–Trinajstić information content (AvgIpc) is 2.70. The van der Waals surface area contributed by atoms with Gasteiger partial charge in [0.05, 0.1) is 7.11 Å². The van der Waals surface area contributed by atoms with Gasteiger partial charge in [-0.1, -0.05) is 32.3 Å². The maximum Gasteiger partial charge on any atom is 0.257 e. The summed E-state index contributed by atoms with van der Waals surface area (Å²) >= 11 is 0. The molecule has 1 atom stereocenters. The third-order valence-electron chi connectivity index (χ3n) is 4.27. The second-order valence-electron chi connectivity index (χ2n) is 6.69. The number of ether oxygens (including phenoxy) is 2. The van der Waals surface area contributed by atoms with E-state index in [4.69, 9.17) is 9.47 Å². The molecule has 0 aliphatic heterocycles. The molecule has 1 rings (SSSR count). The Morgan fingerprint density at radius 1 is 1.18 bits per heavy atom. The predicted octanol–water partition coefficient (Wildman–Crippen LogP) is 2.84. The molecule has 0 aliphatic carbocycles. The molecule has 0 aliphatic rings. The Hall–Kier alpha value is -2.44. The van der Waals surface area contributed by atoms with Gasteiger partial charge in [-0.3, -0.25) is 9.79 Å². The van der Waals surface area contributed by atoms with Gasteiger partial charge >= 0.3 is 0 Å². The Labute approximate surface area is 169 Å². The van der Waals surface area contributed by atoms with Crippen LogP contribution >= 0.6 is 0 Å². The smallest absolute Gasteiger partial charge is 0.257 e. The SMILES string of the molecule is CCCCCC(C)NC(=NC)NCc1ccc(OCC(=O)NCC)c(OC)c1. The van der Waals surface area contributed by atoms with Crippen LogP contribution in [0.1, 0.15) is 52.0 Å². The molecule has 0 aromatic heterocycles. The lowest BCUT2D eigenvalue weighted by Gasteiger charge is -2.18. The molecule has 0 radical (unpaired) electrons. The molecule has 0 bridgehead atoms. The number of hydrogen-bond donors (Lipinski definition) is 3. The number of methoxy groups -OCH3 is 1. The minimum absolute atomic E-state index is 0.0335. The fourth-order valence-electron chi connectivity index (χ4n) is 2.72. The molecule has 0 saturated heterocycles. The van der Waals surface area contributed by atoms with Gasteiger partial charge in [-0.25, -0.2) is 0 Å². The number of rotatable bonds is 12. The Kier molecular flexibility index (Phi) is 11.5. The number of nitrogens with one attached hydrogen (secondary N) is 3. The molecule has 158 valence electrons. The van der Waals surface area contributed by atoms with E-state index in [2.05, 4.69) is 34.8 Å². The second kappa shape index (κ2) is 13.7. The minimum atomic E-state index is -0.154. The molecule has 1 unspecified atom stereocenters. The molecule has 7 heteroatoms. The third kappa shape index (κ3) is 8.97. The molecule has 0 heterocycles. The van der Waals surface area contributed by atoms with E-state index in [1.807, 2.05) is 25.1 Å². The van der Waals surface area contributed by atoms with E-state index in [-0.39, 0.29) is 12.5 Å². The quantitative estimate of drug-likeness (QED) is 0.289. The number of likely N-dealkylation sites (N-methyl/N-ethyl adjacent to an activating group) is 1. The zero-order valence-electron chi connectivity index (χ0n) is 17.9. The van der Waals surface area contributed by atoms with Crippen LogP contribution in [-0.4, -0.2) is 45.2 Å². The fraction of sp³-hybridized carbons (Fsp3) is 0.619. The summed E-state index contributed by atoms with van der Waals surface area (Å²) < 4.78 is 11.0. The molecule has 1 aromatic rings. The van der Waals surface area contributed by atoms with Gasteiger partial charge in [0.25, 0.3) is 5.91 Å². The molecular formula is C21H36N4O3. The van der Waals surface area contributed by atoms with Crippen molar-refractivity contribution in [2.75, 3.05) is 27.3 Å². The van der Waals surface area contributed by atoms with Crippen molar-refractivity contribution in [3.8, 4) is 11.5 Å². The van der Waals surface area contributed by atoms with Gasteiger partial charge in [-0.05, 0) is 38.0 Å². The van der Waals surface area contributed by atoms with Crippen LogP contribution in [-0.2, 0) is 11.3 Å². The average molecular weight is 393 g/mol. The summed E-state index contributed by atoms with van der Waals surface area (Å²) in [7, 11) is 3.36. The maximum absolute atomic E-state index is 11.6. The summed E-state index contributed by atoms with van der Waals surface area (Å²) in [6.07, 6.45) is 4.83. The highest BCUT2D eigenvalue weighted by molar-refractivity contribution is 5.80. The van der Waals surface area contributed by atoms with Crippen LogP contribution in [0.2, 0.25) is 0 Å². The van der Waals surface area contributed by atoms with Crippen molar-refractivity contribution in [3.05, 3.63) is 23.8 Å². The van der Waals surface area contributed by atoms with Crippen LogP contribution in [0.4, 0.5) is 0 Å². The van der Waals surface area contributed by atoms with E-state index in [9.17, 15) is 4.79 Å². The van der Waals surface area contributed by atoms with Crippen LogP contribution in [0.25, 0.3) is 0 Å². The molecule has 1 amide bonds. The first-order chi connectivity index (χ1) is 13.5. The Balaban J connectivity index is 2.57. The highest BCUT2D eigenvalue weighted by Gasteiger charge is 2.09. The van der Waals surface area contributed by atoms with Gasteiger partial charge in [0.1, 0.15) is 0 Å². The van der Waals surface area contributed by atoms with Crippen LogP contribution in [0.5, 0.6) is 11.5 Å². The van der Waals surface area contributed by atoms with E-state index in [1.54, 1.807) is 14.2 Å². The van der Waals surface area contributed by atoms with Gasteiger partial charge in [0.2, 0.25) is 0 Å². The summed E-state index contributed by atoms with van der Waals surface area (Å²) in [5.41, 5.74) is 1.03. The number of guanidine groups is 1. The number of hydrogen-bond acceptors (Lipinski definition) is 4. The molecule has 0 saturated carbocycles. The van der Waals surface area contributed by atoms with Crippen molar-refractivity contribution in [3.63, 3.8) is 0 Å². The zero-order chi connectivity index (χ0) is 20.8. The summed E-state index contributed by atoms with van der Waals surface area (Å²) in [5, 5.41) is 9.44. The topological polar surface area (TPSA) is 84.0 Å². The number of amides is 1. The zero-order valence-corrected chi connectivity index (χ0v) is 17.9. The number of carbonyl (C=O) groups excluding carboxylic acids is 1. The van der Waals surface area contributed by atoms with Crippen molar-refractivity contribution in [2.45, 2.75) is 59.0 Å². The van der Waals surface area contributed by atoms with Crippen LogP contribution in [0.15, 0.2) is 23.2 Å². The van der Waals surface area contributed by atoms with Crippen molar-refractivity contribution in [1.82, 2.24) is 16.0 Å². The number of benzene rings is 1. The van der Waals surface area contributed by atoms with Gasteiger partial charge in [0, 0.05) is 26.2 Å². The molecule has 0 spiro atoms. The summed E-state index contributed by atoms with van der Waals surface area (Å²) in [5.74, 6) is 1.77. The van der Waals surface area contributed by atoms with Crippen LogP contribution < -0.4 is 25.4 Å². The highest BCUT2D eigenvalue weighted by Crippen LogP contribution is 2.28. The van der Waals surface area contributed by atoms with E-state index < -0.39 is 0 Å². The van der Waals surface area contributed by atoms with Crippen molar-refractivity contribution in [1.29, 1.82) is 0 Å². The van der Waals surface area contributed by atoms with Crippen LogP contribution in [0, 0.1) is 0 Å². The number of aliphatic imine (C=N–C) groups is 1. The van der Waals surface area contributed by atoms with Crippen molar-refractivity contribution in [2.24, 2.45) is 4.99 Å². The maximum atomic E-state index is 11.6. The Morgan fingerprint density at radius 2 is 1.96 bits per heavy atom. The molecule has 1 aromatic carbocycles. The molecular weight excluding hydrogens is 356 g/mol. The second-order valence-corrected chi connectivity index (χ2v) is 6.69. The van der Waals surface area contributed by atoms with E-state index in [0.29, 0.717) is 30.6 Å². The van der Waals surface area contributed by atoms with Crippen molar-refractivity contribution < 1.29 is 14.3 Å². The normalized spacial score (nSPS) is 12.2. The van der Waals surface area contributed by atoms with E-state index in [0.717, 1.165) is 17.9 Å². The first-order valence-electron chi connectivity index (χ1n) is 10.1. The highest BCUT2D eigenvalue weighted by atomic mass is 16.5. The molecule has 28 heavy (non-hydrogen) atoms. The first-order valence-corrected chi connectivity index (χ1v) is 10.1. The van der Waals surface area contributed by atoms with E-state index in [1.165, 1.54) is 19.3 Å². The van der Waals surface area contributed by atoms with E-state index >= 15 is 0 Å². The van der Waals surface area contributed by atoms with Crippen LogP contribution in [0.3, 0.4) is 0 Å². The number of unbranched alkanes of at least 4 members (excludes halogenated alkanes) is 2. The van der Waals surface area contributed by atoms with Gasteiger partial charge in [-0.15, -0.1) is 0 Å². The number of carbonyl (C=O) groups is 1. The summed E-state index contributed by atoms with van der Waals surface area (Å²) in [6, 6.07) is 6.04. The van der Waals surface area contributed by atoms with Gasteiger partial charge in [-0.2, -0.15) is 0 Å². The minimum Gasteiger partial charge on any atom is -0.493 e. The van der Waals surface area contributed by atoms with Gasteiger partial charge in [0.15, 0.2) is 24.1 Å². The monoisotopic (exact) mass is 392 g/mol. The lowest BCUT2D eigenvalue weighted by molar-refractivity contribution is -0.123. The third-order valence-corrected chi connectivity index (χ3v) is 4.27. The molecule has 7 nitrogen and oxygen atoms in total. The number of nitrogens with zero attached hydrogens (tertiary/aromatic N) is 1. The fourth-order valence-corrected chi connectivity index (χ4v) is 2.72. The Bertz CT molecular complexity index is 620. The first kappa shape index (κ1) is 23.6. The molecule has 3 N–H and O–H groups in total. The largest absolute Gasteiger partial charge is 0.493 e. The summed E-state index contributed by atoms with van der Waals surface area (Å²) in [6.45, 7) is 7.41. The lowest BCUT2D eigenvalue weighted by atomic mass is 10.1. The van der Waals surface area contributed by atoms with Gasteiger partial charge < -0.3 is 25.4 Å². The summed E-state index contributed by atoms with van der Waals surface area (Å²) in [4.78, 5) is 15.8. The predicted molar refractivity (Wildman–Crippen MR) is 114 cm³/mol. The van der Waals surface area contributed by atoms with Crippen molar-refractivity contribution >= 4 is 11.9 Å². The lowest BCUT2D eigenvalue weighted by Crippen LogP contribution is -2.41. The Morgan fingerprint density at radius 3 is 2.61 bits per heavy atom. The molecule has 0 fully saturated rings.